The molecule has 0 spiro atoms. The fourth-order valence-electron chi connectivity index (χ4n) is 6.92. The van der Waals surface area contributed by atoms with E-state index >= 15 is 0 Å². The molecule has 0 aromatic heterocycles. The number of hydrazone groups is 1. The minimum absolute atomic E-state index is 0. The van der Waals surface area contributed by atoms with Crippen LogP contribution in [-0.2, 0) is 50.1 Å². The number of carboxylic acids is 1. The number of ether oxygens (including phenoxy) is 1. The smallest absolute Gasteiger partial charge is 0.748 e. The van der Waals surface area contributed by atoms with Crippen molar-refractivity contribution in [1.29, 1.82) is 0 Å². The van der Waals surface area contributed by atoms with Gasteiger partial charge in [-0.3, -0.25) is 14.6 Å². The van der Waals surface area contributed by atoms with Crippen molar-refractivity contribution >= 4 is 59.4 Å². The Kier molecular flexibility index (Phi) is 21.3. The molecule has 0 aliphatic carbocycles. The van der Waals surface area contributed by atoms with Crippen molar-refractivity contribution in [3.05, 3.63) is 59.8 Å². The molecule has 0 saturated carbocycles. The van der Waals surface area contributed by atoms with Crippen LogP contribution in [0.3, 0.4) is 0 Å². The first-order chi connectivity index (χ1) is 25.5. The Balaban J connectivity index is 0.00000812. The summed E-state index contributed by atoms with van der Waals surface area (Å²) in [7, 11) is -13.9. The van der Waals surface area contributed by atoms with Crippen molar-refractivity contribution in [1.82, 2.24) is 5.01 Å². The zero-order valence-corrected chi connectivity index (χ0v) is 39.9. The number of carbonyl (C=O) groups excluding carboxylic acids is 1. The molecule has 2 unspecified atom stereocenters. The third kappa shape index (κ3) is 15.7. The number of carbonyl (C=O) groups is 2. The van der Waals surface area contributed by atoms with E-state index in [0.717, 1.165) is 0 Å². The van der Waals surface area contributed by atoms with Crippen molar-refractivity contribution in [2.24, 2.45) is 10.5 Å². The Labute approximate surface area is 380 Å². The number of aliphatic carboxylic acids is 1. The van der Waals surface area contributed by atoms with E-state index in [4.69, 9.17) is 9.84 Å². The van der Waals surface area contributed by atoms with Gasteiger partial charge >= 0.3 is 71.1 Å². The number of unbranched alkanes of at least 4 members (excludes halogenated alkanes) is 2. The van der Waals surface area contributed by atoms with Gasteiger partial charge in [-0.1, -0.05) is 18.2 Å². The molecule has 1 aromatic rings. The fourth-order valence-corrected chi connectivity index (χ4v) is 8.39. The van der Waals surface area contributed by atoms with Gasteiger partial charge in [0, 0.05) is 71.8 Å². The Morgan fingerprint density at radius 2 is 1.53 bits per heavy atom. The van der Waals surface area contributed by atoms with E-state index in [1.165, 1.54) is 18.2 Å². The summed E-state index contributed by atoms with van der Waals surface area (Å²) in [4.78, 5) is 22.9. The number of rotatable bonds is 22. The van der Waals surface area contributed by atoms with E-state index in [0.29, 0.717) is 60.6 Å². The topological polar surface area (TPSA) is 254 Å². The predicted octanol–water partition coefficient (Wildman–Crippen LogP) is -2.10. The van der Waals surface area contributed by atoms with Crippen LogP contribution in [0.25, 0.3) is 0 Å². The standard InChI is InChI=1S/C36H51N3O13S3.2Na/c1-5-52-34(42)19-21-35(3)27(2)37-39(23-13-25-54(46,47)48)32(35)15-9-6-8-14-31-36(4,20-12-24-53(43,44)45)29-26-28(55(49,50)51)17-18-30(29)38(31)22-11-7-10-16-33(40)41;;/h6,8-9,14-15,17-18,26H,5,7,10-13,16,19-25H2,1-4H3,(H3-,40,41,43,44,45,46,47,48,49,50,51);;/q;2*+1/p-2. The van der Waals surface area contributed by atoms with Crippen LogP contribution < -0.4 is 59.1 Å². The molecule has 2 atom stereocenters. The third-order valence-electron chi connectivity index (χ3n) is 9.88. The normalized spacial score (nSPS) is 20.5. The van der Waals surface area contributed by atoms with Crippen LogP contribution in [-0.4, -0.2) is 108 Å². The summed E-state index contributed by atoms with van der Waals surface area (Å²) in [6.45, 7) is 7.89. The number of hydrogen-bond acceptors (Lipinski definition) is 14. The summed E-state index contributed by atoms with van der Waals surface area (Å²) in [5.74, 6) is -2.55. The van der Waals surface area contributed by atoms with E-state index in [-0.39, 0.29) is 110 Å². The van der Waals surface area contributed by atoms with Crippen LogP contribution >= 0.6 is 0 Å². The van der Waals surface area contributed by atoms with Gasteiger partial charge in [0.05, 0.1) is 37.2 Å². The van der Waals surface area contributed by atoms with Gasteiger partial charge in [0.15, 0.2) is 5.71 Å². The largest absolute Gasteiger partial charge is 1.00 e. The molecule has 21 heteroatoms. The minimum Gasteiger partial charge on any atom is -0.748 e. The van der Waals surface area contributed by atoms with E-state index in [2.05, 4.69) is 5.10 Å². The van der Waals surface area contributed by atoms with Crippen molar-refractivity contribution in [3.8, 4) is 0 Å². The molecular formula is C36H49N3Na2O13S3. The first kappa shape index (κ1) is 53.3. The zero-order chi connectivity index (χ0) is 41.2. The first-order valence-corrected chi connectivity index (χ1v) is 22.5. The second-order valence-corrected chi connectivity index (χ2v) is 18.4. The van der Waals surface area contributed by atoms with Crippen LogP contribution in [0, 0.1) is 5.41 Å². The van der Waals surface area contributed by atoms with E-state index in [1.807, 2.05) is 11.5 Å². The number of fused-ring (bicyclic) bond motifs is 1. The van der Waals surface area contributed by atoms with Crippen molar-refractivity contribution in [3.63, 3.8) is 0 Å². The monoisotopic (exact) mass is 873 g/mol. The van der Waals surface area contributed by atoms with Gasteiger partial charge in [0.1, 0.15) is 16.7 Å². The van der Waals surface area contributed by atoms with Gasteiger partial charge in [-0.05, 0) is 84.4 Å². The molecule has 1 N–H and O–H groups in total. The van der Waals surface area contributed by atoms with Crippen molar-refractivity contribution in [2.75, 3.05) is 31.2 Å². The number of nitrogens with zero attached hydrogens (tertiary/aromatic N) is 3. The van der Waals surface area contributed by atoms with Crippen LogP contribution in [0.2, 0.25) is 0 Å². The molecule has 3 rings (SSSR count). The quantitative estimate of drug-likeness (QED) is 0.0327. The maximum atomic E-state index is 12.3. The Morgan fingerprint density at radius 1 is 0.877 bits per heavy atom. The molecule has 57 heavy (non-hydrogen) atoms. The van der Waals surface area contributed by atoms with Gasteiger partial charge in [-0.15, -0.1) is 0 Å². The van der Waals surface area contributed by atoms with E-state index in [1.54, 1.807) is 56.2 Å². The van der Waals surface area contributed by atoms with Gasteiger partial charge in [-0.2, -0.15) is 9.68 Å². The molecule has 0 saturated heterocycles. The summed E-state index contributed by atoms with van der Waals surface area (Å²) in [5.41, 5.74) is 1.20. The Bertz CT molecular complexity index is 2100. The maximum Gasteiger partial charge on any atom is 1.00 e. The summed E-state index contributed by atoms with van der Waals surface area (Å²) in [6, 6.07) is 3.98. The van der Waals surface area contributed by atoms with Gasteiger partial charge in [-0.25, -0.2) is 25.3 Å². The Morgan fingerprint density at radius 3 is 2.12 bits per heavy atom. The van der Waals surface area contributed by atoms with Gasteiger partial charge < -0.3 is 23.5 Å². The molecule has 1 aromatic carbocycles. The summed E-state index contributed by atoms with van der Waals surface area (Å²) in [5, 5.41) is 15.3. The fraction of sp³-hybridized carbons (Fsp3) is 0.556. The molecule has 16 nitrogen and oxygen atoms in total. The number of esters is 1. The number of benzene rings is 1. The Hall–Kier alpha value is -1.75. The van der Waals surface area contributed by atoms with Gasteiger partial charge in [0.2, 0.25) is 5.69 Å². The molecule has 0 fully saturated rings. The molecule has 0 radical (unpaired) electrons. The molecule has 0 amide bonds. The van der Waals surface area contributed by atoms with Crippen LogP contribution in [0.15, 0.2) is 64.3 Å². The molecule has 2 aliphatic heterocycles. The van der Waals surface area contributed by atoms with Crippen LogP contribution in [0.5, 0.6) is 0 Å². The first-order valence-electron chi connectivity index (χ1n) is 17.9. The average molecular weight is 874 g/mol. The van der Waals surface area contributed by atoms with Crippen LogP contribution in [0.4, 0.5) is 5.69 Å². The summed E-state index contributed by atoms with van der Waals surface area (Å²) < 4.78 is 112. The minimum atomic E-state index is -4.86. The second kappa shape index (κ2) is 22.7. The second-order valence-electron chi connectivity index (χ2n) is 13.9. The average Bonchev–Trinajstić information content (AvgIpc) is 3.43. The summed E-state index contributed by atoms with van der Waals surface area (Å²) >= 11 is 0. The van der Waals surface area contributed by atoms with E-state index in [9.17, 15) is 48.5 Å². The third-order valence-corrected chi connectivity index (χ3v) is 12.3. The number of allylic oxidation sites excluding steroid dienone is 6. The predicted molar refractivity (Wildman–Crippen MR) is 201 cm³/mol. The molecular weight excluding hydrogens is 825 g/mol. The zero-order valence-electron chi connectivity index (χ0n) is 33.4. The van der Waals surface area contributed by atoms with Crippen molar-refractivity contribution < 1.29 is 122 Å². The SMILES string of the molecule is CCOC(=O)CCC1(C)C(C)=NN(CCCS(=O)(=O)[O-])/C1=C/C=C/C=C/C1=[N+](CCCCCC(=O)O)c2ccc(S(=O)(=O)[O-])cc2C1(C)CCCS(=O)(=O)[O-].[Na+].[Na+]. The molecule has 2 aliphatic rings. The number of carboxylic acid groups (broad SMARTS) is 1. The number of hydrogen-bond donors (Lipinski definition) is 1. The van der Waals surface area contributed by atoms with Crippen molar-refractivity contribution in [2.45, 2.75) is 95.8 Å². The molecule has 0 bridgehead atoms. The van der Waals surface area contributed by atoms with E-state index < -0.39 is 63.6 Å². The molecule has 306 valence electrons. The maximum absolute atomic E-state index is 12.3. The summed E-state index contributed by atoms with van der Waals surface area (Å²) in [6.07, 6.45) is 10.7. The molecule has 2 heterocycles. The van der Waals surface area contributed by atoms with Gasteiger partial charge in [0.25, 0.3) is 0 Å². The van der Waals surface area contributed by atoms with Crippen LogP contribution in [0.1, 0.15) is 91.0 Å².